The van der Waals surface area contributed by atoms with Crippen LogP contribution >= 0.6 is 0 Å². The van der Waals surface area contributed by atoms with Crippen LogP contribution in [0.25, 0.3) is 0 Å². The van der Waals surface area contributed by atoms with Crippen molar-refractivity contribution in [3.05, 3.63) is 46.5 Å². The van der Waals surface area contributed by atoms with E-state index >= 15 is 0 Å². The van der Waals surface area contributed by atoms with Crippen LogP contribution in [-0.2, 0) is 5.41 Å². The highest BCUT2D eigenvalue weighted by Crippen LogP contribution is 2.34. The first-order chi connectivity index (χ1) is 12.8. The zero-order chi connectivity index (χ0) is 19.2. The van der Waals surface area contributed by atoms with Gasteiger partial charge in [0.05, 0.1) is 5.69 Å². The molecule has 27 heavy (non-hydrogen) atoms. The highest BCUT2D eigenvalue weighted by molar-refractivity contribution is 5.92. The largest absolute Gasteiger partial charge is 0.356 e. The number of nitrogens with one attached hydrogen (secondary N) is 1. The Kier molecular flexibility index (Phi) is 4.20. The first-order valence-electron chi connectivity index (χ1n) is 9.23. The summed E-state index contributed by atoms with van der Waals surface area (Å²) in [5, 5.41) is 0. The highest BCUT2D eigenvalue weighted by atomic mass is 16.2. The molecule has 1 amide bonds. The molecule has 142 valence electrons. The van der Waals surface area contributed by atoms with E-state index in [4.69, 9.17) is 0 Å². The van der Waals surface area contributed by atoms with Crippen molar-refractivity contribution in [2.75, 3.05) is 31.1 Å². The molecule has 2 aromatic heterocycles. The summed E-state index contributed by atoms with van der Waals surface area (Å²) in [6.45, 7) is 9.42. The average Bonchev–Trinajstić information content (AvgIpc) is 3.20. The van der Waals surface area contributed by atoms with E-state index in [1.165, 1.54) is 12.4 Å². The fourth-order valence-corrected chi connectivity index (χ4v) is 3.93. The molecule has 0 saturated carbocycles. The van der Waals surface area contributed by atoms with Gasteiger partial charge in [-0.3, -0.25) is 9.59 Å². The SMILES string of the molecule is CC(C)(C)c1cc(N2CC3CN(C(=O)c4ncc[nH]c4=O)CC3C2)ncn1. The average molecular weight is 368 g/mol. The number of carbonyl (C=O) groups excluding carboxylic acids is 1. The van der Waals surface area contributed by atoms with Gasteiger partial charge in [-0.25, -0.2) is 15.0 Å². The number of anilines is 1. The Morgan fingerprint density at radius 1 is 1.11 bits per heavy atom. The summed E-state index contributed by atoms with van der Waals surface area (Å²) in [7, 11) is 0. The third-order valence-corrected chi connectivity index (χ3v) is 5.43. The van der Waals surface area contributed by atoms with Gasteiger partial charge in [-0.2, -0.15) is 0 Å². The van der Waals surface area contributed by atoms with E-state index in [-0.39, 0.29) is 17.0 Å². The van der Waals surface area contributed by atoms with Crippen molar-refractivity contribution < 1.29 is 4.79 Å². The highest BCUT2D eigenvalue weighted by Gasteiger charge is 2.42. The summed E-state index contributed by atoms with van der Waals surface area (Å²) >= 11 is 0. The molecule has 4 rings (SSSR count). The van der Waals surface area contributed by atoms with Gasteiger partial charge in [0.2, 0.25) is 0 Å². The minimum absolute atomic E-state index is 0.0216. The van der Waals surface area contributed by atoms with Gasteiger partial charge in [0.15, 0.2) is 5.69 Å². The lowest BCUT2D eigenvalue weighted by Crippen LogP contribution is -2.36. The molecule has 0 aliphatic carbocycles. The lowest BCUT2D eigenvalue weighted by Gasteiger charge is -2.24. The van der Waals surface area contributed by atoms with Gasteiger partial charge in [0.25, 0.3) is 11.5 Å². The predicted octanol–water partition coefficient (Wildman–Crippen LogP) is 1.07. The van der Waals surface area contributed by atoms with Crippen molar-refractivity contribution in [1.29, 1.82) is 0 Å². The van der Waals surface area contributed by atoms with Crippen LogP contribution in [0.4, 0.5) is 5.82 Å². The molecule has 8 nitrogen and oxygen atoms in total. The molecule has 0 bridgehead atoms. The molecule has 0 radical (unpaired) electrons. The molecule has 2 aromatic rings. The summed E-state index contributed by atoms with van der Waals surface area (Å²) in [5.41, 5.74) is 0.541. The molecule has 2 aliphatic heterocycles. The summed E-state index contributed by atoms with van der Waals surface area (Å²) in [6, 6.07) is 2.07. The number of nitrogens with zero attached hydrogens (tertiary/aromatic N) is 5. The minimum atomic E-state index is -0.433. The molecule has 2 saturated heterocycles. The normalized spacial score (nSPS) is 22.2. The first-order valence-corrected chi connectivity index (χ1v) is 9.23. The Balaban J connectivity index is 1.45. The summed E-state index contributed by atoms with van der Waals surface area (Å²) < 4.78 is 0. The van der Waals surface area contributed by atoms with E-state index in [0.29, 0.717) is 24.9 Å². The Morgan fingerprint density at radius 2 is 1.81 bits per heavy atom. The van der Waals surface area contributed by atoms with Gasteiger partial charge in [-0.15, -0.1) is 0 Å². The van der Waals surface area contributed by atoms with Crippen LogP contribution in [0.2, 0.25) is 0 Å². The first kappa shape index (κ1) is 17.6. The van der Waals surface area contributed by atoms with Crippen LogP contribution in [0.3, 0.4) is 0 Å². The molecule has 1 N–H and O–H groups in total. The standard InChI is InChI=1S/C19H24N6O2/c1-19(2,3)14-6-15(23-11-22-14)24-7-12-9-25(10-13(12)8-24)18(27)16-17(26)21-5-4-20-16/h4-6,11-13H,7-10H2,1-3H3,(H,21,26). The zero-order valence-electron chi connectivity index (χ0n) is 15.8. The van der Waals surface area contributed by atoms with Crippen LogP contribution in [0.15, 0.2) is 29.6 Å². The summed E-state index contributed by atoms with van der Waals surface area (Å²) in [5.74, 6) is 1.42. The van der Waals surface area contributed by atoms with Gasteiger partial charge in [-0.05, 0) is 0 Å². The van der Waals surface area contributed by atoms with E-state index < -0.39 is 5.56 Å². The molecule has 0 aromatic carbocycles. The summed E-state index contributed by atoms with van der Waals surface area (Å²) in [4.78, 5) is 43.8. The van der Waals surface area contributed by atoms with Crippen molar-refractivity contribution in [3.63, 3.8) is 0 Å². The maximum absolute atomic E-state index is 12.6. The fourth-order valence-electron chi connectivity index (χ4n) is 3.93. The fraction of sp³-hybridized carbons (Fsp3) is 0.526. The molecule has 0 spiro atoms. The van der Waals surface area contributed by atoms with Crippen LogP contribution in [-0.4, -0.2) is 56.9 Å². The molecule has 2 unspecified atom stereocenters. The summed E-state index contributed by atoms with van der Waals surface area (Å²) in [6.07, 6.45) is 4.51. The predicted molar refractivity (Wildman–Crippen MR) is 101 cm³/mol. The van der Waals surface area contributed by atoms with Crippen molar-refractivity contribution >= 4 is 11.7 Å². The van der Waals surface area contributed by atoms with E-state index in [1.54, 1.807) is 11.2 Å². The zero-order valence-corrected chi connectivity index (χ0v) is 15.8. The number of hydrogen-bond donors (Lipinski definition) is 1. The molecular weight excluding hydrogens is 344 g/mol. The molecule has 2 atom stereocenters. The van der Waals surface area contributed by atoms with Gasteiger partial charge in [0, 0.05) is 61.9 Å². The van der Waals surface area contributed by atoms with E-state index in [0.717, 1.165) is 24.6 Å². The molecule has 8 heteroatoms. The molecule has 2 aliphatic rings. The van der Waals surface area contributed by atoms with Crippen LogP contribution < -0.4 is 10.5 Å². The Bertz CT molecular complexity index is 905. The number of rotatable bonds is 2. The van der Waals surface area contributed by atoms with E-state index in [9.17, 15) is 9.59 Å². The van der Waals surface area contributed by atoms with Crippen LogP contribution in [0, 0.1) is 11.8 Å². The van der Waals surface area contributed by atoms with Crippen molar-refractivity contribution in [2.45, 2.75) is 26.2 Å². The Morgan fingerprint density at radius 3 is 2.44 bits per heavy atom. The van der Waals surface area contributed by atoms with Gasteiger partial charge in [-0.1, -0.05) is 20.8 Å². The molecule has 2 fully saturated rings. The number of amides is 1. The number of carbonyl (C=O) groups is 1. The Hall–Kier alpha value is -2.77. The molecular formula is C19H24N6O2. The maximum Gasteiger partial charge on any atom is 0.279 e. The van der Waals surface area contributed by atoms with Crippen LogP contribution in [0.5, 0.6) is 0 Å². The molecule has 4 heterocycles. The number of aromatic nitrogens is 4. The number of hydrogen-bond acceptors (Lipinski definition) is 6. The second kappa shape index (κ2) is 6.44. The lowest BCUT2D eigenvalue weighted by molar-refractivity contribution is 0.0774. The number of fused-ring (bicyclic) bond motifs is 1. The third-order valence-electron chi connectivity index (χ3n) is 5.43. The van der Waals surface area contributed by atoms with E-state index in [1.807, 2.05) is 0 Å². The Labute approximate surface area is 157 Å². The maximum atomic E-state index is 12.6. The number of likely N-dealkylation sites (tertiary alicyclic amines) is 1. The smallest absolute Gasteiger partial charge is 0.279 e. The second-order valence-electron chi connectivity index (χ2n) is 8.41. The number of H-pyrrole nitrogens is 1. The lowest BCUT2D eigenvalue weighted by atomic mass is 9.92. The van der Waals surface area contributed by atoms with Gasteiger partial charge >= 0.3 is 0 Å². The van der Waals surface area contributed by atoms with E-state index in [2.05, 4.69) is 51.7 Å². The van der Waals surface area contributed by atoms with Crippen molar-refractivity contribution in [2.24, 2.45) is 11.8 Å². The van der Waals surface area contributed by atoms with Gasteiger partial charge < -0.3 is 14.8 Å². The van der Waals surface area contributed by atoms with Crippen LogP contribution in [0.1, 0.15) is 37.0 Å². The van der Waals surface area contributed by atoms with Crippen molar-refractivity contribution in [3.8, 4) is 0 Å². The second-order valence-corrected chi connectivity index (χ2v) is 8.41. The minimum Gasteiger partial charge on any atom is -0.356 e. The monoisotopic (exact) mass is 368 g/mol. The third kappa shape index (κ3) is 3.31. The van der Waals surface area contributed by atoms with Crippen molar-refractivity contribution in [1.82, 2.24) is 24.8 Å². The number of aromatic amines is 1. The van der Waals surface area contributed by atoms with Gasteiger partial charge in [0.1, 0.15) is 12.1 Å². The quantitative estimate of drug-likeness (QED) is 0.852. The topological polar surface area (TPSA) is 95.1 Å².